The van der Waals surface area contributed by atoms with E-state index in [0.29, 0.717) is 12.1 Å². The molecule has 3 aromatic carbocycles. The molecule has 0 unspecified atom stereocenters. The first kappa shape index (κ1) is 29.9. The third-order valence-electron chi connectivity index (χ3n) is 6.35. The van der Waals surface area contributed by atoms with Crippen molar-refractivity contribution in [2.24, 2.45) is 0 Å². The number of amides is 2. The molecule has 39 heavy (non-hydrogen) atoms. The van der Waals surface area contributed by atoms with Crippen molar-refractivity contribution in [1.29, 1.82) is 0 Å². The van der Waals surface area contributed by atoms with Crippen molar-refractivity contribution in [2.45, 2.75) is 71.0 Å². The highest BCUT2D eigenvalue weighted by atomic mass is 32.2. The van der Waals surface area contributed by atoms with Gasteiger partial charge in [0, 0.05) is 12.1 Å². The van der Waals surface area contributed by atoms with Gasteiger partial charge in [-0.1, -0.05) is 73.2 Å². The Kier molecular flexibility index (Phi) is 9.56. The largest absolute Gasteiger partial charge is 0.350 e. The molecule has 0 aliphatic carbocycles. The Hall–Kier alpha value is -3.65. The van der Waals surface area contributed by atoms with Crippen LogP contribution in [0.2, 0.25) is 0 Å². The lowest BCUT2D eigenvalue weighted by Crippen LogP contribution is -2.54. The van der Waals surface area contributed by atoms with Gasteiger partial charge < -0.3 is 10.2 Å². The Bertz CT molecular complexity index is 1400. The second-order valence-electron chi connectivity index (χ2n) is 10.7. The Morgan fingerprint density at radius 1 is 0.923 bits per heavy atom. The highest BCUT2D eigenvalue weighted by Crippen LogP contribution is 2.28. The molecule has 8 heteroatoms. The molecule has 1 N–H and O–H groups in total. The quantitative estimate of drug-likeness (QED) is 0.382. The van der Waals surface area contributed by atoms with Crippen molar-refractivity contribution in [2.75, 3.05) is 10.8 Å². The first-order valence-corrected chi connectivity index (χ1v) is 14.6. The van der Waals surface area contributed by atoms with Crippen LogP contribution in [-0.2, 0) is 32.6 Å². The first-order chi connectivity index (χ1) is 18.3. The smallest absolute Gasteiger partial charge is 0.264 e. The predicted molar refractivity (Wildman–Crippen MR) is 156 cm³/mol. The Labute approximate surface area is 232 Å². The maximum atomic E-state index is 14.0. The zero-order valence-electron chi connectivity index (χ0n) is 23.6. The minimum absolute atomic E-state index is 0.0902. The van der Waals surface area contributed by atoms with Crippen molar-refractivity contribution < 1.29 is 18.0 Å². The molecule has 3 aromatic rings. The van der Waals surface area contributed by atoms with Crippen molar-refractivity contribution in [3.63, 3.8) is 0 Å². The molecule has 0 saturated carbocycles. The number of aryl methyl sites for hydroxylation is 2. The molecular formula is C31H39N3O4S. The van der Waals surface area contributed by atoms with E-state index in [1.54, 1.807) is 37.3 Å². The van der Waals surface area contributed by atoms with Crippen LogP contribution in [0.5, 0.6) is 0 Å². The number of benzene rings is 3. The number of anilines is 1. The topological polar surface area (TPSA) is 86.8 Å². The second-order valence-corrected chi connectivity index (χ2v) is 12.6. The number of rotatable bonds is 10. The van der Waals surface area contributed by atoms with Crippen LogP contribution in [0, 0.1) is 6.92 Å². The van der Waals surface area contributed by atoms with E-state index in [0.717, 1.165) is 16.7 Å². The zero-order chi connectivity index (χ0) is 28.8. The minimum atomic E-state index is -4.08. The normalized spacial score (nSPS) is 12.5. The first-order valence-electron chi connectivity index (χ1n) is 13.2. The van der Waals surface area contributed by atoms with Crippen LogP contribution < -0.4 is 9.62 Å². The van der Waals surface area contributed by atoms with Crippen molar-refractivity contribution in [1.82, 2.24) is 10.2 Å². The fourth-order valence-electron chi connectivity index (χ4n) is 4.35. The number of sulfonamides is 1. The fourth-order valence-corrected chi connectivity index (χ4v) is 5.82. The predicted octanol–water partition coefficient (Wildman–Crippen LogP) is 5.08. The van der Waals surface area contributed by atoms with Gasteiger partial charge in [-0.25, -0.2) is 8.42 Å². The van der Waals surface area contributed by atoms with Crippen LogP contribution in [0.25, 0.3) is 0 Å². The molecule has 7 nitrogen and oxygen atoms in total. The summed E-state index contributed by atoms with van der Waals surface area (Å²) in [5, 5.41) is 2.95. The molecule has 3 rings (SSSR count). The standard InChI is InChI=1S/C31H39N3O4S/c1-7-26-16-11-12-19-28(26)34(39(37,38)27-17-9-8-10-18-27)22-29(35)33(21-25-15-13-14-23(2)20-25)24(3)30(36)32-31(4,5)6/h8-20,24H,7,21-22H2,1-6H3,(H,32,36)/t24-/m1/s1. The van der Waals surface area contributed by atoms with E-state index < -0.39 is 34.1 Å². The van der Waals surface area contributed by atoms with E-state index >= 15 is 0 Å². The monoisotopic (exact) mass is 549 g/mol. The van der Waals surface area contributed by atoms with E-state index in [1.165, 1.54) is 21.3 Å². The lowest BCUT2D eigenvalue weighted by atomic mass is 10.1. The second kappa shape index (κ2) is 12.5. The van der Waals surface area contributed by atoms with Crippen molar-refractivity contribution >= 4 is 27.5 Å². The lowest BCUT2D eigenvalue weighted by Gasteiger charge is -2.34. The number of para-hydroxylation sites is 1. The highest BCUT2D eigenvalue weighted by molar-refractivity contribution is 7.92. The van der Waals surface area contributed by atoms with Gasteiger partial charge in [0.15, 0.2) is 0 Å². The summed E-state index contributed by atoms with van der Waals surface area (Å²) in [6.45, 7) is 10.9. The Balaban J connectivity index is 2.07. The summed E-state index contributed by atoms with van der Waals surface area (Å²) in [6, 6.07) is 22.2. The van der Waals surface area contributed by atoms with Crippen LogP contribution in [-0.4, -0.2) is 43.3 Å². The van der Waals surface area contributed by atoms with E-state index in [4.69, 9.17) is 0 Å². The molecule has 0 radical (unpaired) electrons. The van der Waals surface area contributed by atoms with Gasteiger partial charge >= 0.3 is 0 Å². The van der Waals surface area contributed by atoms with E-state index in [1.807, 2.05) is 71.0 Å². The molecule has 0 spiro atoms. The summed E-state index contributed by atoms with van der Waals surface area (Å²) in [6.07, 6.45) is 0.586. The molecular weight excluding hydrogens is 510 g/mol. The van der Waals surface area contributed by atoms with Crippen molar-refractivity contribution in [3.8, 4) is 0 Å². The van der Waals surface area contributed by atoms with Crippen LogP contribution in [0.1, 0.15) is 51.3 Å². The van der Waals surface area contributed by atoms with Gasteiger partial charge in [0.1, 0.15) is 12.6 Å². The number of carbonyl (C=O) groups excluding carboxylic acids is 2. The fraction of sp³-hybridized carbons (Fsp3) is 0.355. The van der Waals surface area contributed by atoms with Crippen LogP contribution in [0.3, 0.4) is 0 Å². The summed E-state index contributed by atoms with van der Waals surface area (Å²) in [4.78, 5) is 28.8. The molecule has 0 aromatic heterocycles. The van der Waals surface area contributed by atoms with E-state index in [9.17, 15) is 18.0 Å². The summed E-state index contributed by atoms with van der Waals surface area (Å²) in [5.41, 5.74) is 2.63. The number of hydrogen-bond acceptors (Lipinski definition) is 4. The summed E-state index contributed by atoms with van der Waals surface area (Å²) >= 11 is 0. The van der Waals surface area contributed by atoms with Gasteiger partial charge in [0.2, 0.25) is 11.8 Å². The lowest BCUT2D eigenvalue weighted by molar-refractivity contribution is -0.140. The maximum Gasteiger partial charge on any atom is 0.264 e. The number of nitrogens with one attached hydrogen (secondary N) is 1. The molecule has 0 saturated heterocycles. The zero-order valence-corrected chi connectivity index (χ0v) is 24.5. The van der Waals surface area contributed by atoms with Gasteiger partial charge in [-0.2, -0.15) is 0 Å². The summed E-state index contributed by atoms with van der Waals surface area (Å²) in [5.74, 6) is -0.784. The van der Waals surface area contributed by atoms with Gasteiger partial charge in [-0.3, -0.25) is 13.9 Å². The number of nitrogens with zero attached hydrogens (tertiary/aromatic N) is 2. The van der Waals surface area contributed by atoms with Gasteiger partial charge in [-0.05, 0) is 70.4 Å². The Morgan fingerprint density at radius 2 is 1.56 bits per heavy atom. The van der Waals surface area contributed by atoms with Crippen LogP contribution in [0.4, 0.5) is 5.69 Å². The van der Waals surface area contributed by atoms with Crippen molar-refractivity contribution in [3.05, 3.63) is 95.6 Å². The number of hydrogen-bond donors (Lipinski definition) is 1. The third-order valence-corrected chi connectivity index (χ3v) is 8.13. The van der Waals surface area contributed by atoms with Gasteiger partial charge in [-0.15, -0.1) is 0 Å². The molecule has 0 aliphatic heterocycles. The number of carbonyl (C=O) groups is 2. The molecule has 0 aliphatic rings. The Morgan fingerprint density at radius 3 is 2.18 bits per heavy atom. The molecule has 0 fully saturated rings. The molecule has 0 heterocycles. The maximum absolute atomic E-state index is 14.0. The highest BCUT2D eigenvalue weighted by Gasteiger charge is 2.34. The average Bonchev–Trinajstić information content (AvgIpc) is 2.89. The SMILES string of the molecule is CCc1ccccc1N(CC(=O)N(Cc1cccc(C)c1)[C@H](C)C(=O)NC(C)(C)C)S(=O)(=O)c1ccccc1. The summed E-state index contributed by atoms with van der Waals surface area (Å²) < 4.78 is 29.0. The third kappa shape index (κ3) is 7.69. The molecule has 0 bridgehead atoms. The van der Waals surface area contributed by atoms with Crippen LogP contribution >= 0.6 is 0 Å². The van der Waals surface area contributed by atoms with Crippen LogP contribution in [0.15, 0.2) is 83.8 Å². The molecule has 1 atom stereocenters. The summed E-state index contributed by atoms with van der Waals surface area (Å²) in [7, 11) is -4.08. The van der Waals surface area contributed by atoms with E-state index in [2.05, 4.69) is 5.32 Å². The van der Waals surface area contributed by atoms with E-state index in [-0.39, 0.29) is 17.3 Å². The average molecular weight is 550 g/mol. The van der Waals surface area contributed by atoms with Gasteiger partial charge in [0.05, 0.1) is 10.6 Å². The molecule has 2 amide bonds. The minimum Gasteiger partial charge on any atom is -0.350 e. The van der Waals surface area contributed by atoms with Gasteiger partial charge in [0.25, 0.3) is 10.0 Å². The molecule has 208 valence electrons.